The Morgan fingerprint density at radius 2 is 2.35 bits per heavy atom. The summed E-state index contributed by atoms with van der Waals surface area (Å²) >= 11 is 0. The molecule has 1 aliphatic heterocycles. The number of ether oxygens (including phenoxy) is 2. The number of likely N-dealkylation sites (tertiary alicyclic amines) is 1. The van der Waals surface area contributed by atoms with E-state index >= 15 is 0 Å². The van der Waals surface area contributed by atoms with E-state index in [1.807, 2.05) is 12.1 Å². The number of carbonyl (C=O) groups excluding carboxylic acids is 1. The highest BCUT2D eigenvalue weighted by Gasteiger charge is 2.37. The zero-order valence-corrected chi connectivity index (χ0v) is 13.1. The van der Waals surface area contributed by atoms with Crippen LogP contribution in [0.15, 0.2) is 24.5 Å². The predicted octanol–water partition coefficient (Wildman–Crippen LogP) is 0.817. The van der Waals surface area contributed by atoms with E-state index in [1.54, 1.807) is 31.3 Å². The molecule has 3 rings (SSSR count). The molecule has 8 nitrogen and oxygen atoms in total. The van der Waals surface area contributed by atoms with Crippen LogP contribution in [0.4, 0.5) is 0 Å². The fraction of sp³-hybridized carbons (Fsp3) is 0.467. The van der Waals surface area contributed by atoms with Crippen molar-refractivity contribution in [3.05, 3.63) is 35.9 Å². The predicted molar refractivity (Wildman–Crippen MR) is 81.1 cm³/mol. The highest BCUT2D eigenvalue weighted by molar-refractivity contribution is 5.93. The van der Waals surface area contributed by atoms with Gasteiger partial charge >= 0.3 is 0 Å². The minimum atomic E-state index is -0.157. The van der Waals surface area contributed by atoms with Crippen LogP contribution in [0.5, 0.6) is 5.75 Å². The van der Waals surface area contributed by atoms with Crippen molar-refractivity contribution in [3.63, 3.8) is 0 Å². The summed E-state index contributed by atoms with van der Waals surface area (Å²) in [6.07, 6.45) is 4.05. The normalized spacial score (nSPS) is 20.7. The minimum Gasteiger partial charge on any atom is -0.490 e. The van der Waals surface area contributed by atoms with Gasteiger partial charge < -0.3 is 14.4 Å². The van der Waals surface area contributed by atoms with Crippen molar-refractivity contribution in [2.24, 2.45) is 0 Å². The maximum atomic E-state index is 12.7. The Bertz CT molecular complexity index is 660. The number of amides is 1. The molecule has 1 N–H and O–H groups in total. The minimum absolute atomic E-state index is 0.00587. The van der Waals surface area contributed by atoms with Crippen LogP contribution in [0.2, 0.25) is 0 Å². The number of aromatic nitrogens is 4. The van der Waals surface area contributed by atoms with Gasteiger partial charge in [-0.25, -0.2) is 0 Å². The molecule has 8 heteroatoms. The molecular formula is C15H19N5O3. The Morgan fingerprint density at radius 3 is 3.00 bits per heavy atom. The molecule has 2 atom stereocenters. The van der Waals surface area contributed by atoms with Crippen LogP contribution < -0.4 is 4.74 Å². The van der Waals surface area contributed by atoms with Crippen LogP contribution in [0.3, 0.4) is 0 Å². The van der Waals surface area contributed by atoms with Crippen LogP contribution in [0, 0.1) is 6.92 Å². The number of hydrogen-bond acceptors (Lipinski definition) is 6. The van der Waals surface area contributed by atoms with Crippen molar-refractivity contribution in [2.45, 2.75) is 25.5 Å². The van der Waals surface area contributed by atoms with Gasteiger partial charge in [-0.1, -0.05) is 0 Å². The number of hydrogen-bond donors (Lipinski definition) is 1. The second-order valence-electron chi connectivity index (χ2n) is 5.46. The van der Waals surface area contributed by atoms with E-state index in [-0.39, 0.29) is 18.1 Å². The molecule has 0 unspecified atom stereocenters. The molecule has 0 aromatic carbocycles. The average Bonchev–Trinajstić information content (AvgIpc) is 3.19. The van der Waals surface area contributed by atoms with Gasteiger partial charge in [0.2, 0.25) is 0 Å². The highest BCUT2D eigenvalue weighted by Crippen LogP contribution is 2.23. The molecule has 0 bridgehead atoms. The van der Waals surface area contributed by atoms with E-state index in [9.17, 15) is 4.79 Å². The second-order valence-corrected chi connectivity index (χ2v) is 5.46. The van der Waals surface area contributed by atoms with Gasteiger partial charge in [-0.2, -0.15) is 15.4 Å². The van der Waals surface area contributed by atoms with Crippen LogP contribution in [-0.2, 0) is 4.74 Å². The molecule has 1 amide bonds. The summed E-state index contributed by atoms with van der Waals surface area (Å²) in [5.74, 6) is 0.522. The summed E-state index contributed by atoms with van der Waals surface area (Å²) in [5, 5.41) is 10.3. The largest absolute Gasteiger partial charge is 0.490 e. The molecule has 0 saturated carbocycles. The number of carbonyl (C=O) groups is 1. The maximum Gasteiger partial charge on any atom is 0.276 e. The van der Waals surface area contributed by atoms with Crippen molar-refractivity contribution >= 4 is 5.91 Å². The van der Waals surface area contributed by atoms with E-state index in [0.717, 1.165) is 6.42 Å². The van der Waals surface area contributed by atoms with Gasteiger partial charge in [0.1, 0.15) is 12.4 Å². The van der Waals surface area contributed by atoms with Gasteiger partial charge in [0.05, 0.1) is 24.0 Å². The Labute approximate surface area is 133 Å². The molecule has 0 spiro atoms. The van der Waals surface area contributed by atoms with E-state index in [1.165, 1.54) is 0 Å². The zero-order chi connectivity index (χ0) is 16.2. The third-order valence-corrected chi connectivity index (χ3v) is 3.97. The van der Waals surface area contributed by atoms with Crippen molar-refractivity contribution in [3.8, 4) is 5.75 Å². The lowest BCUT2D eigenvalue weighted by atomic mass is 10.2. The van der Waals surface area contributed by atoms with E-state index in [0.29, 0.717) is 30.3 Å². The summed E-state index contributed by atoms with van der Waals surface area (Å²) in [4.78, 5) is 18.5. The molecule has 1 aliphatic rings. The molecule has 1 fully saturated rings. The first-order chi connectivity index (χ1) is 11.2. The van der Waals surface area contributed by atoms with Crippen molar-refractivity contribution in [1.29, 1.82) is 0 Å². The molecule has 23 heavy (non-hydrogen) atoms. The van der Waals surface area contributed by atoms with Crippen molar-refractivity contribution < 1.29 is 14.3 Å². The molecular weight excluding hydrogens is 298 g/mol. The van der Waals surface area contributed by atoms with E-state index in [4.69, 9.17) is 9.47 Å². The fourth-order valence-corrected chi connectivity index (χ4v) is 2.70. The molecule has 0 radical (unpaired) electrons. The number of aryl methyl sites for hydroxylation is 1. The van der Waals surface area contributed by atoms with Crippen LogP contribution in [0.1, 0.15) is 22.6 Å². The van der Waals surface area contributed by atoms with Gasteiger partial charge in [-0.15, -0.1) is 0 Å². The first-order valence-electron chi connectivity index (χ1n) is 7.43. The molecule has 122 valence electrons. The average molecular weight is 317 g/mol. The molecule has 1 saturated heterocycles. The first-order valence-corrected chi connectivity index (χ1v) is 7.43. The van der Waals surface area contributed by atoms with Gasteiger partial charge in [0, 0.05) is 19.9 Å². The monoisotopic (exact) mass is 317 g/mol. The Kier molecular flexibility index (Phi) is 4.52. The summed E-state index contributed by atoms with van der Waals surface area (Å²) < 4.78 is 11.2. The van der Waals surface area contributed by atoms with Gasteiger partial charge in [-0.05, 0) is 25.5 Å². The third-order valence-electron chi connectivity index (χ3n) is 3.97. The summed E-state index contributed by atoms with van der Waals surface area (Å²) in [6, 6.07) is 3.57. The Hall–Kier alpha value is -2.48. The summed E-state index contributed by atoms with van der Waals surface area (Å²) in [6.45, 7) is 2.65. The smallest absolute Gasteiger partial charge is 0.276 e. The van der Waals surface area contributed by atoms with Crippen molar-refractivity contribution in [2.75, 3.05) is 20.3 Å². The van der Waals surface area contributed by atoms with Crippen molar-refractivity contribution in [1.82, 2.24) is 25.3 Å². The summed E-state index contributed by atoms with van der Waals surface area (Å²) in [7, 11) is 1.65. The lowest BCUT2D eigenvalue weighted by Gasteiger charge is -2.23. The van der Waals surface area contributed by atoms with Gasteiger partial charge in [0.15, 0.2) is 5.69 Å². The van der Waals surface area contributed by atoms with Crippen LogP contribution in [-0.4, -0.2) is 63.6 Å². The number of aromatic amines is 1. The van der Waals surface area contributed by atoms with Gasteiger partial charge in [0.25, 0.3) is 5.91 Å². The molecule has 0 aliphatic carbocycles. The number of nitrogens with zero attached hydrogens (tertiary/aromatic N) is 4. The standard InChI is InChI=1S/C15H19N5O3/c1-10-14(18-19-17-10)15(21)20-8-13(22-2)6-11(20)9-23-12-4-3-5-16-7-12/h3-5,7,11,13H,6,8-9H2,1-2H3,(H,17,18,19)/t11-,13+/m0/s1. The second kappa shape index (κ2) is 6.74. The number of H-pyrrole nitrogens is 1. The Morgan fingerprint density at radius 1 is 1.48 bits per heavy atom. The third kappa shape index (κ3) is 3.31. The molecule has 3 heterocycles. The molecule has 2 aromatic rings. The number of pyridine rings is 1. The summed E-state index contributed by atoms with van der Waals surface area (Å²) in [5.41, 5.74) is 0.927. The number of methoxy groups -OCH3 is 1. The molecule has 2 aromatic heterocycles. The topological polar surface area (TPSA) is 93.2 Å². The lowest BCUT2D eigenvalue weighted by molar-refractivity contribution is 0.0651. The first kappa shape index (κ1) is 15.4. The maximum absolute atomic E-state index is 12.7. The quantitative estimate of drug-likeness (QED) is 0.877. The van der Waals surface area contributed by atoms with E-state index < -0.39 is 0 Å². The van der Waals surface area contributed by atoms with Gasteiger partial charge in [-0.3, -0.25) is 9.78 Å². The fourth-order valence-electron chi connectivity index (χ4n) is 2.70. The SMILES string of the molecule is CO[C@@H]1C[C@@H](COc2cccnc2)N(C(=O)c2n[nH]nc2C)C1. The number of nitrogens with one attached hydrogen (secondary N) is 1. The Balaban J connectivity index is 1.71. The van der Waals surface area contributed by atoms with Crippen LogP contribution >= 0.6 is 0 Å². The van der Waals surface area contributed by atoms with E-state index in [2.05, 4.69) is 20.4 Å². The lowest BCUT2D eigenvalue weighted by Crippen LogP contribution is -2.39. The highest BCUT2D eigenvalue weighted by atomic mass is 16.5. The number of rotatable bonds is 5. The van der Waals surface area contributed by atoms with Crippen LogP contribution in [0.25, 0.3) is 0 Å². The zero-order valence-electron chi connectivity index (χ0n) is 13.1.